The Morgan fingerprint density at radius 2 is 1.73 bits per heavy atom. The number of nitrogens with one attached hydrogen (secondary N) is 1. The summed E-state index contributed by atoms with van der Waals surface area (Å²) in [6, 6.07) is 9.83. The van der Waals surface area contributed by atoms with Gasteiger partial charge in [0.2, 0.25) is 5.91 Å². The fraction of sp³-hybridized carbons (Fsp3) is 0.682. The van der Waals surface area contributed by atoms with Gasteiger partial charge in [0.25, 0.3) is 0 Å². The number of amides is 1. The Morgan fingerprint density at radius 1 is 1.12 bits per heavy atom. The Bertz CT molecular complexity index is 581. The number of hydrogen-bond donors (Lipinski definition) is 1. The van der Waals surface area contributed by atoms with Gasteiger partial charge in [-0.3, -0.25) is 9.69 Å². The van der Waals surface area contributed by atoms with E-state index in [1.165, 1.54) is 38.5 Å². The van der Waals surface area contributed by atoms with Crippen LogP contribution in [-0.2, 0) is 4.79 Å². The Labute approximate surface area is 157 Å². The van der Waals surface area contributed by atoms with Crippen molar-refractivity contribution >= 4 is 5.91 Å². The summed E-state index contributed by atoms with van der Waals surface area (Å²) in [6.07, 6.45) is 8.41. The maximum Gasteiger partial charge on any atom is 0.234 e. The lowest BCUT2D eigenvalue weighted by Crippen LogP contribution is -2.52. The molecule has 4 aliphatic carbocycles. The molecule has 1 aromatic carbocycles. The highest BCUT2D eigenvalue weighted by atomic mass is 16.5. The molecule has 0 aromatic heterocycles. The third kappa shape index (κ3) is 4.22. The molecule has 4 fully saturated rings. The van der Waals surface area contributed by atoms with Gasteiger partial charge in [-0.2, -0.15) is 0 Å². The van der Waals surface area contributed by atoms with Gasteiger partial charge in [0, 0.05) is 13.1 Å². The quantitative estimate of drug-likeness (QED) is 0.777. The number of likely N-dealkylation sites (N-methyl/N-ethyl adjacent to an activating group) is 1. The van der Waals surface area contributed by atoms with Crippen LogP contribution in [0.4, 0.5) is 0 Å². The zero-order valence-electron chi connectivity index (χ0n) is 16.0. The number of rotatable bonds is 8. The Morgan fingerprint density at radius 3 is 2.35 bits per heavy atom. The number of carbonyl (C=O) groups is 1. The predicted molar refractivity (Wildman–Crippen MR) is 103 cm³/mol. The average molecular weight is 357 g/mol. The van der Waals surface area contributed by atoms with Gasteiger partial charge in [-0.15, -0.1) is 0 Å². The van der Waals surface area contributed by atoms with Crippen LogP contribution < -0.4 is 10.1 Å². The van der Waals surface area contributed by atoms with Crippen LogP contribution in [0.15, 0.2) is 30.3 Å². The standard InChI is InChI=1S/C22H32N2O2/c1-24(7-8-26-20-5-3-2-4-6-20)15-21(25)23-16-22-12-17-9-18(13-22)11-19(10-17)14-22/h2-6,17-19H,7-16H2,1H3,(H,23,25). The second kappa shape index (κ2) is 7.59. The maximum absolute atomic E-state index is 12.4. The van der Waals surface area contributed by atoms with Gasteiger partial charge in [-0.1, -0.05) is 18.2 Å². The summed E-state index contributed by atoms with van der Waals surface area (Å²) in [5.41, 5.74) is 0.416. The minimum absolute atomic E-state index is 0.156. The molecule has 4 saturated carbocycles. The predicted octanol–water partition coefficient (Wildman–Crippen LogP) is 3.33. The van der Waals surface area contributed by atoms with Gasteiger partial charge in [0.15, 0.2) is 0 Å². The van der Waals surface area contributed by atoms with E-state index in [2.05, 4.69) is 5.32 Å². The summed E-state index contributed by atoms with van der Waals surface area (Å²) in [7, 11) is 1.98. The molecule has 0 spiro atoms. The van der Waals surface area contributed by atoms with Crippen LogP contribution in [0.2, 0.25) is 0 Å². The van der Waals surface area contributed by atoms with Crippen LogP contribution in [0, 0.1) is 23.2 Å². The van der Waals surface area contributed by atoms with Crippen LogP contribution >= 0.6 is 0 Å². The van der Waals surface area contributed by atoms with Crippen molar-refractivity contribution in [3.63, 3.8) is 0 Å². The summed E-state index contributed by atoms with van der Waals surface area (Å²) in [5, 5.41) is 3.26. The Hall–Kier alpha value is -1.55. The first-order valence-corrected chi connectivity index (χ1v) is 10.2. The van der Waals surface area contributed by atoms with Crippen molar-refractivity contribution in [1.29, 1.82) is 0 Å². The maximum atomic E-state index is 12.4. The number of nitrogens with zero attached hydrogens (tertiary/aromatic N) is 1. The summed E-state index contributed by atoms with van der Waals surface area (Å²) in [6.45, 7) is 2.69. The normalized spacial score (nSPS) is 32.0. The number of hydrogen-bond acceptors (Lipinski definition) is 3. The fourth-order valence-corrected chi connectivity index (χ4v) is 6.01. The minimum Gasteiger partial charge on any atom is -0.492 e. The SMILES string of the molecule is CN(CCOc1ccccc1)CC(=O)NCC12CC3CC(CC(C3)C1)C2. The zero-order chi connectivity index (χ0) is 18.0. The van der Waals surface area contributed by atoms with E-state index in [-0.39, 0.29) is 5.91 Å². The monoisotopic (exact) mass is 356 g/mol. The van der Waals surface area contributed by atoms with E-state index in [1.54, 1.807) is 0 Å². The van der Waals surface area contributed by atoms with Gasteiger partial charge >= 0.3 is 0 Å². The van der Waals surface area contributed by atoms with E-state index in [0.29, 0.717) is 18.6 Å². The third-order valence-electron chi connectivity index (χ3n) is 6.72. The smallest absolute Gasteiger partial charge is 0.234 e. The molecular formula is C22H32N2O2. The summed E-state index contributed by atoms with van der Waals surface area (Å²) in [5.74, 6) is 3.86. The fourth-order valence-electron chi connectivity index (χ4n) is 6.01. The molecule has 26 heavy (non-hydrogen) atoms. The molecule has 0 heterocycles. The van der Waals surface area contributed by atoms with Crippen molar-refractivity contribution in [2.45, 2.75) is 38.5 Å². The van der Waals surface area contributed by atoms with Crippen LogP contribution in [-0.4, -0.2) is 44.1 Å². The first-order chi connectivity index (χ1) is 12.6. The number of carbonyl (C=O) groups excluding carboxylic acids is 1. The van der Waals surface area contributed by atoms with Crippen LogP contribution in [0.1, 0.15) is 38.5 Å². The highest BCUT2D eigenvalue weighted by Gasteiger charge is 2.50. The molecule has 1 amide bonds. The van der Waals surface area contributed by atoms with E-state index >= 15 is 0 Å². The van der Waals surface area contributed by atoms with Gasteiger partial charge in [0.1, 0.15) is 12.4 Å². The molecule has 1 N–H and O–H groups in total. The van der Waals surface area contributed by atoms with Crippen molar-refractivity contribution in [2.24, 2.45) is 23.2 Å². The van der Waals surface area contributed by atoms with Gasteiger partial charge in [0.05, 0.1) is 6.54 Å². The van der Waals surface area contributed by atoms with Crippen molar-refractivity contribution in [3.8, 4) is 5.75 Å². The first kappa shape index (κ1) is 17.8. The molecule has 4 nitrogen and oxygen atoms in total. The second-order valence-electron chi connectivity index (χ2n) is 9.09. The molecule has 0 saturated heterocycles. The lowest BCUT2D eigenvalue weighted by Gasteiger charge is -2.56. The van der Waals surface area contributed by atoms with Crippen molar-refractivity contribution in [1.82, 2.24) is 10.2 Å². The third-order valence-corrected chi connectivity index (χ3v) is 6.72. The van der Waals surface area contributed by atoms with E-state index in [1.807, 2.05) is 42.3 Å². The first-order valence-electron chi connectivity index (χ1n) is 10.2. The van der Waals surface area contributed by atoms with Gasteiger partial charge in [-0.05, 0) is 80.9 Å². The number of para-hydroxylation sites is 1. The highest BCUT2D eigenvalue weighted by Crippen LogP contribution is 2.59. The lowest BCUT2D eigenvalue weighted by atomic mass is 9.49. The van der Waals surface area contributed by atoms with Crippen LogP contribution in [0.5, 0.6) is 5.75 Å². The summed E-state index contributed by atoms with van der Waals surface area (Å²) in [4.78, 5) is 14.4. The van der Waals surface area contributed by atoms with Crippen LogP contribution in [0.3, 0.4) is 0 Å². The number of ether oxygens (including phenoxy) is 1. The lowest BCUT2D eigenvalue weighted by molar-refractivity contribution is -0.124. The molecule has 4 bridgehead atoms. The summed E-state index contributed by atoms with van der Waals surface area (Å²) < 4.78 is 5.71. The van der Waals surface area contributed by atoms with Crippen LogP contribution in [0.25, 0.3) is 0 Å². The molecule has 1 aromatic rings. The molecule has 4 aliphatic rings. The van der Waals surface area contributed by atoms with Crippen molar-refractivity contribution < 1.29 is 9.53 Å². The largest absolute Gasteiger partial charge is 0.492 e. The molecule has 5 rings (SSSR count). The van der Waals surface area contributed by atoms with Crippen molar-refractivity contribution in [2.75, 3.05) is 33.3 Å². The molecule has 0 radical (unpaired) electrons. The topological polar surface area (TPSA) is 41.6 Å². The van der Waals surface area contributed by atoms with E-state index in [4.69, 9.17) is 4.74 Å². The molecule has 0 atom stereocenters. The highest BCUT2D eigenvalue weighted by molar-refractivity contribution is 5.78. The van der Waals surface area contributed by atoms with E-state index in [0.717, 1.165) is 36.6 Å². The van der Waals surface area contributed by atoms with E-state index < -0.39 is 0 Å². The zero-order valence-corrected chi connectivity index (χ0v) is 16.0. The average Bonchev–Trinajstić information content (AvgIpc) is 2.60. The van der Waals surface area contributed by atoms with E-state index in [9.17, 15) is 4.79 Å². The molecule has 0 aliphatic heterocycles. The minimum atomic E-state index is 0.156. The second-order valence-corrected chi connectivity index (χ2v) is 9.09. The molecular weight excluding hydrogens is 324 g/mol. The molecule has 0 unspecified atom stereocenters. The molecule has 4 heteroatoms. The Balaban J connectivity index is 1.17. The number of benzene rings is 1. The summed E-state index contributed by atoms with van der Waals surface area (Å²) >= 11 is 0. The van der Waals surface area contributed by atoms with Gasteiger partial charge in [-0.25, -0.2) is 0 Å². The van der Waals surface area contributed by atoms with Gasteiger partial charge < -0.3 is 10.1 Å². The molecule has 142 valence electrons. The Kier molecular flexibility index (Phi) is 5.21. The van der Waals surface area contributed by atoms with Crippen molar-refractivity contribution in [3.05, 3.63) is 30.3 Å².